The van der Waals surface area contributed by atoms with Crippen molar-refractivity contribution in [2.45, 2.75) is 12.3 Å². The van der Waals surface area contributed by atoms with Crippen molar-refractivity contribution < 1.29 is 4.74 Å². The van der Waals surface area contributed by atoms with Gasteiger partial charge in [0, 0.05) is 30.7 Å². The Morgan fingerprint density at radius 3 is 2.47 bits per heavy atom. The van der Waals surface area contributed by atoms with E-state index in [4.69, 9.17) is 4.74 Å². The molecular formula is C14H18BrN3O. The van der Waals surface area contributed by atoms with Crippen molar-refractivity contribution in [2.75, 3.05) is 19.1 Å². The number of halogens is 1. The summed E-state index contributed by atoms with van der Waals surface area (Å²) in [7, 11) is 5.69. The minimum atomic E-state index is 0.794. The second-order valence-corrected chi connectivity index (χ2v) is 4.96. The lowest BCUT2D eigenvalue weighted by Gasteiger charge is -2.21. The molecule has 0 aliphatic rings. The van der Waals surface area contributed by atoms with Crippen LogP contribution in [0.1, 0.15) is 11.3 Å². The summed E-state index contributed by atoms with van der Waals surface area (Å²) in [5.74, 6) is 1.96. The molecule has 0 bridgehead atoms. The van der Waals surface area contributed by atoms with Crippen LogP contribution in [0, 0.1) is 6.92 Å². The zero-order valence-corrected chi connectivity index (χ0v) is 13.2. The average molecular weight is 324 g/mol. The van der Waals surface area contributed by atoms with E-state index in [0.717, 1.165) is 28.3 Å². The van der Waals surface area contributed by atoms with Gasteiger partial charge < -0.3 is 9.64 Å². The summed E-state index contributed by atoms with van der Waals surface area (Å²) in [6.07, 6.45) is 0. The monoisotopic (exact) mass is 323 g/mol. The zero-order valence-electron chi connectivity index (χ0n) is 11.6. The van der Waals surface area contributed by atoms with Gasteiger partial charge in [0.25, 0.3) is 0 Å². The van der Waals surface area contributed by atoms with Crippen LogP contribution in [0.15, 0.2) is 24.3 Å². The maximum atomic E-state index is 5.18. The Morgan fingerprint density at radius 2 is 1.95 bits per heavy atom. The van der Waals surface area contributed by atoms with Gasteiger partial charge >= 0.3 is 0 Å². The van der Waals surface area contributed by atoms with Gasteiger partial charge in [-0.3, -0.25) is 4.68 Å². The van der Waals surface area contributed by atoms with Crippen LogP contribution in [-0.4, -0.2) is 23.9 Å². The van der Waals surface area contributed by atoms with E-state index in [-0.39, 0.29) is 0 Å². The molecule has 0 aliphatic heterocycles. The van der Waals surface area contributed by atoms with Crippen LogP contribution in [0.2, 0.25) is 0 Å². The fourth-order valence-corrected chi connectivity index (χ4v) is 2.85. The molecule has 19 heavy (non-hydrogen) atoms. The van der Waals surface area contributed by atoms with Gasteiger partial charge in [0.2, 0.25) is 0 Å². The number of rotatable bonds is 4. The largest absolute Gasteiger partial charge is 0.497 e. The molecule has 102 valence electrons. The normalized spacial score (nSPS) is 10.6. The van der Waals surface area contributed by atoms with Gasteiger partial charge in [-0.05, 0) is 31.2 Å². The lowest BCUT2D eigenvalue weighted by Crippen LogP contribution is -2.14. The van der Waals surface area contributed by atoms with Crippen molar-refractivity contribution in [1.29, 1.82) is 0 Å². The summed E-state index contributed by atoms with van der Waals surface area (Å²) < 4.78 is 7.10. The number of aryl methyl sites for hydroxylation is 2. The lowest BCUT2D eigenvalue weighted by molar-refractivity contribution is 0.415. The Kier molecular flexibility index (Phi) is 4.14. The topological polar surface area (TPSA) is 30.3 Å². The highest BCUT2D eigenvalue weighted by Gasteiger charge is 2.17. The standard InChI is InChI=1S/C14H18BrN3O/c1-10-13(9-15)14(18(3)16-10)17(2)11-5-7-12(19-4)8-6-11/h5-8H,9H2,1-4H3. The Labute approximate surface area is 122 Å². The summed E-state index contributed by atoms with van der Waals surface area (Å²) in [6.45, 7) is 2.03. The molecule has 0 unspecified atom stereocenters. The first-order valence-corrected chi connectivity index (χ1v) is 7.16. The first-order valence-electron chi connectivity index (χ1n) is 6.04. The minimum Gasteiger partial charge on any atom is -0.497 e. The Hall–Kier alpha value is -1.49. The van der Waals surface area contributed by atoms with Crippen LogP contribution in [0.25, 0.3) is 0 Å². The van der Waals surface area contributed by atoms with Gasteiger partial charge in [-0.25, -0.2) is 0 Å². The molecule has 5 heteroatoms. The molecule has 0 radical (unpaired) electrons. The molecule has 2 aromatic rings. The predicted molar refractivity (Wildman–Crippen MR) is 81.6 cm³/mol. The van der Waals surface area contributed by atoms with Crippen molar-refractivity contribution in [1.82, 2.24) is 9.78 Å². The van der Waals surface area contributed by atoms with Gasteiger partial charge in [-0.15, -0.1) is 0 Å². The molecule has 0 spiro atoms. The van der Waals surface area contributed by atoms with Crippen molar-refractivity contribution in [3.05, 3.63) is 35.5 Å². The predicted octanol–water partition coefficient (Wildman–Crippen LogP) is 3.40. The van der Waals surface area contributed by atoms with Crippen LogP contribution >= 0.6 is 15.9 Å². The first-order chi connectivity index (χ1) is 9.08. The Balaban J connectivity index is 2.40. The molecule has 0 fully saturated rings. The molecule has 1 aromatic heterocycles. The zero-order chi connectivity index (χ0) is 14.0. The van der Waals surface area contributed by atoms with E-state index in [9.17, 15) is 0 Å². The maximum Gasteiger partial charge on any atom is 0.135 e. The first kappa shape index (κ1) is 13.9. The van der Waals surface area contributed by atoms with Crippen LogP contribution in [0.4, 0.5) is 11.5 Å². The summed E-state index contributed by atoms with van der Waals surface area (Å²) in [5.41, 5.74) is 3.36. The summed E-state index contributed by atoms with van der Waals surface area (Å²) in [5, 5.41) is 5.28. The Bertz CT molecular complexity index is 563. The van der Waals surface area contributed by atoms with Crippen LogP contribution in [0.3, 0.4) is 0 Å². The van der Waals surface area contributed by atoms with E-state index < -0.39 is 0 Å². The number of hydrogen-bond acceptors (Lipinski definition) is 3. The van der Waals surface area contributed by atoms with Gasteiger partial charge in [-0.2, -0.15) is 5.10 Å². The SMILES string of the molecule is COc1ccc(N(C)c2c(CBr)c(C)nn2C)cc1. The number of alkyl halides is 1. The molecule has 0 saturated carbocycles. The smallest absolute Gasteiger partial charge is 0.135 e. The van der Waals surface area contributed by atoms with Gasteiger partial charge in [0.15, 0.2) is 0 Å². The van der Waals surface area contributed by atoms with Crippen LogP contribution in [-0.2, 0) is 12.4 Å². The second kappa shape index (κ2) is 5.65. The molecule has 1 heterocycles. The lowest BCUT2D eigenvalue weighted by atomic mass is 10.2. The molecule has 2 rings (SSSR count). The third kappa shape index (κ3) is 2.61. The summed E-state index contributed by atoms with van der Waals surface area (Å²) in [4.78, 5) is 2.13. The van der Waals surface area contributed by atoms with Gasteiger partial charge in [0.05, 0.1) is 12.8 Å². The number of methoxy groups -OCH3 is 1. The number of anilines is 2. The van der Waals surface area contributed by atoms with Crippen molar-refractivity contribution in [3.63, 3.8) is 0 Å². The van der Waals surface area contributed by atoms with E-state index >= 15 is 0 Å². The summed E-state index contributed by atoms with van der Waals surface area (Å²) in [6, 6.07) is 8.00. The van der Waals surface area contributed by atoms with E-state index in [1.54, 1.807) is 7.11 Å². The third-order valence-corrected chi connectivity index (χ3v) is 3.78. The molecular weight excluding hydrogens is 306 g/mol. The van der Waals surface area contributed by atoms with Crippen molar-refractivity contribution >= 4 is 27.4 Å². The molecule has 0 amide bonds. The highest BCUT2D eigenvalue weighted by molar-refractivity contribution is 9.08. The molecule has 0 N–H and O–H groups in total. The number of ether oxygens (including phenoxy) is 1. The van der Waals surface area contributed by atoms with Crippen molar-refractivity contribution in [3.8, 4) is 5.75 Å². The Morgan fingerprint density at radius 1 is 1.32 bits per heavy atom. The van der Waals surface area contributed by atoms with E-state index in [0.29, 0.717) is 0 Å². The molecule has 0 saturated heterocycles. The fourth-order valence-electron chi connectivity index (χ4n) is 2.19. The highest BCUT2D eigenvalue weighted by atomic mass is 79.9. The molecule has 4 nitrogen and oxygen atoms in total. The van der Waals surface area contributed by atoms with Gasteiger partial charge in [0.1, 0.15) is 11.6 Å². The molecule has 1 aromatic carbocycles. The average Bonchev–Trinajstić information content (AvgIpc) is 2.72. The number of aromatic nitrogens is 2. The fraction of sp³-hybridized carbons (Fsp3) is 0.357. The summed E-state index contributed by atoms with van der Waals surface area (Å²) >= 11 is 3.54. The highest BCUT2D eigenvalue weighted by Crippen LogP contribution is 2.30. The van der Waals surface area contributed by atoms with E-state index in [1.165, 1.54) is 5.56 Å². The molecule has 0 atom stereocenters. The van der Waals surface area contributed by atoms with Crippen LogP contribution in [0.5, 0.6) is 5.75 Å². The number of benzene rings is 1. The molecule has 0 aliphatic carbocycles. The second-order valence-electron chi connectivity index (χ2n) is 4.40. The van der Waals surface area contributed by atoms with Gasteiger partial charge in [-0.1, -0.05) is 15.9 Å². The van der Waals surface area contributed by atoms with E-state index in [1.807, 2.05) is 50.0 Å². The van der Waals surface area contributed by atoms with E-state index in [2.05, 4.69) is 25.9 Å². The number of nitrogens with zero attached hydrogens (tertiary/aromatic N) is 3. The minimum absolute atomic E-state index is 0.794. The quantitative estimate of drug-likeness (QED) is 0.808. The van der Waals surface area contributed by atoms with Crippen molar-refractivity contribution in [2.24, 2.45) is 7.05 Å². The maximum absolute atomic E-state index is 5.18. The number of hydrogen-bond donors (Lipinski definition) is 0. The van der Waals surface area contributed by atoms with Crippen LogP contribution < -0.4 is 9.64 Å². The third-order valence-electron chi connectivity index (χ3n) is 3.22.